The highest BCUT2D eigenvalue weighted by atomic mass is 35.5. The average molecular weight is 284 g/mol. The molecule has 4 heteroatoms. The summed E-state index contributed by atoms with van der Waals surface area (Å²) < 4.78 is 12.7. The maximum absolute atomic E-state index is 12.7. The van der Waals surface area contributed by atoms with Gasteiger partial charge in [0.15, 0.2) is 0 Å². The van der Waals surface area contributed by atoms with Gasteiger partial charge in [0, 0.05) is 11.9 Å². The first-order valence-corrected chi connectivity index (χ1v) is 7.24. The van der Waals surface area contributed by atoms with Gasteiger partial charge in [0.25, 0.3) is 0 Å². The SMILES string of the molecule is O=C(Cc1ccc(F)cc1)NCC1CCCCC1Cl. The molecule has 1 aromatic rings. The maximum Gasteiger partial charge on any atom is 0.224 e. The quantitative estimate of drug-likeness (QED) is 0.844. The first-order chi connectivity index (χ1) is 9.15. The molecule has 1 aliphatic carbocycles. The Bertz CT molecular complexity index is 421. The second kappa shape index (κ2) is 6.90. The number of hydrogen-bond acceptors (Lipinski definition) is 1. The van der Waals surface area contributed by atoms with Gasteiger partial charge in [-0.15, -0.1) is 11.6 Å². The van der Waals surface area contributed by atoms with Gasteiger partial charge in [-0.1, -0.05) is 25.0 Å². The predicted molar refractivity (Wildman–Crippen MR) is 74.7 cm³/mol. The smallest absolute Gasteiger partial charge is 0.224 e. The number of hydrogen-bond donors (Lipinski definition) is 1. The zero-order valence-corrected chi connectivity index (χ0v) is 11.6. The van der Waals surface area contributed by atoms with Crippen molar-refractivity contribution in [2.24, 2.45) is 5.92 Å². The van der Waals surface area contributed by atoms with Gasteiger partial charge in [0.05, 0.1) is 6.42 Å². The zero-order chi connectivity index (χ0) is 13.7. The highest BCUT2D eigenvalue weighted by Crippen LogP contribution is 2.27. The highest BCUT2D eigenvalue weighted by molar-refractivity contribution is 6.20. The molecule has 0 aromatic heterocycles. The third-order valence-electron chi connectivity index (χ3n) is 3.66. The topological polar surface area (TPSA) is 29.1 Å². The predicted octanol–water partition coefficient (Wildman–Crippen LogP) is 3.28. The molecule has 0 heterocycles. The second-order valence-corrected chi connectivity index (χ2v) is 5.73. The Kier molecular flexibility index (Phi) is 5.20. The number of rotatable bonds is 4. The van der Waals surface area contributed by atoms with E-state index in [1.54, 1.807) is 12.1 Å². The van der Waals surface area contributed by atoms with E-state index < -0.39 is 0 Å². The van der Waals surface area contributed by atoms with Crippen LogP contribution < -0.4 is 5.32 Å². The van der Waals surface area contributed by atoms with Gasteiger partial charge < -0.3 is 5.32 Å². The summed E-state index contributed by atoms with van der Waals surface area (Å²) in [6.45, 7) is 0.647. The van der Waals surface area contributed by atoms with Crippen LogP contribution in [0.1, 0.15) is 31.2 Å². The molecule has 1 aromatic carbocycles. The molecular weight excluding hydrogens is 265 g/mol. The lowest BCUT2D eigenvalue weighted by Crippen LogP contribution is -2.35. The molecule has 2 unspecified atom stereocenters. The van der Waals surface area contributed by atoms with E-state index in [4.69, 9.17) is 11.6 Å². The molecule has 0 radical (unpaired) electrons. The van der Waals surface area contributed by atoms with Crippen LogP contribution in [0.4, 0.5) is 4.39 Å². The van der Waals surface area contributed by atoms with E-state index in [9.17, 15) is 9.18 Å². The molecule has 1 N–H and O–H groups in total. The molecule has 1 amide bonds. The minimum atomic E-state index is -0.281. The van der Waals surface area contributed by atoms with E-state index in [1.807, 2.05) is 0 Å². The summed E-state index contributed by atoms with van der Waals surface area (Å²) in [6, 6.07) is 6.02. The molecule has 1 aliphatic rings. The van der Waals surface area contributed by atoms with Crippen molar-refractivity contribution in [3.05, 3.63) is 35.6 Å². The van der Waals surface area contributed by atoms with Crippen molar-refractivity contribution in [1.82, 2.24) is 5.32 Å². The van der Waals surface area contributed by atoms with E-state index in [-0.39, 0.29) is 17.1 Å². The van der Waals surface area contributed by atoms with Crippen molar-refractivity contribution in [1.29, 1.82) is 0 Å². The Hall–Kier alpha value is -1.09. The molecule has 104 valence electrons. The number of halogens is 2. The summed E-state index contributed by atoms with van der Waals surface area (Å²) in [6.07, 6.45) is 4.81. The van der Waals surface area contributed by atoms with Crippen LogP contribution in [0.15, 0.2) is 24.3 Å². The maximum atomic E-state index is 12.7. The monoisotopic (exact) mass is 283 g/mol. The largest absolute Gasteiger partial charge is 0.355 e. The number of alkyl halides is 1. The van der Waals surface area contributed by atoms with Crippen LogP contribution in [-0.4, -0.2) is 17.8 Å². The Morgan fingerprint density at radius 1 is 1.26 bits per heavy atom. The molecule has 19 heavy (non-hydrogen) atoms. The summed E-state index contributed by atoms with van der Waals surface area (Å²) in [5.41, 5.74) is 0.824. The van der Waals surface area contributed by atoms with Crippen molar-refractivity contribution < 1.29 is 9.18 Å². The minimum Gasteiger partial charge on any atom is -0.355 e. The first-order valence-electron chi connectivity index (χ1n) is 6.80. The molecule has 1 fully saturated rings. The third-order valence-corrected chi connectivity index (χ3v) is 4.23. The zero-order valence-electron chi connectivity index (χ0n) is 10.9. The molecule has 0 saturated heterocycles. The van der Waals surface area contributed by atoms with Gasteiger partial charge in [-0.05, 0) is 36.5 Å². The summed E-state index contributed by atoms with van der Waals surface area (Å²) in [5, 5.41) is 3.11. The van der Waals surface area contributed by atoms with E-state index in [1.165, 1.54) is 25.0 Å². The second-order valence-electron chi connectivity index (χ2n) is 5.17. The highest BCUT2D eigenvalue weighted by Gasteiger charge is 2.23. The van der Waals surface area contributed by atoms with Gasteiger partial charge in [0.1, 0.15) is 5.82 Å². The van der Waals surface area contributed by atoms with Gasteiger partial charge >= 0.3 is 0 Å². The lowest BCUT2D eigenvalue weighted by molar-refractivity contribution is -0.120. The van der Waals surface area contributed by atoms with Crippen LogP contribution in [0.3, 0.4) is 0 Å². The number of carbonyl (C=O) groups excluding carboxylic acids is 1. The molecule has 2 atom stereocenters. The van der Waals surface area contributed by atoms with E-state index in [2.05, 4.69) is 5.32 Å². The Morgan fingerprint density at radius 2 is 1.95 bits per heavy atom. The average Bonchev–Trinajstić information content (AvgIpc) is 2.40. The van der Waals surface area contributed by atoms with Gasteiger partial charge in [-0.25, -0.2) is 4.39 Å². The normalized spacial score (nSPS) is 23.1. The van der Waals surface area contributed by atoms with Gasteiger partial charge in [-0.2, -0.15) is 0 Å². The fourth-order valence-electron chi connectivity index (χ4n) is 2.49. The fourth-order valence-corrected chi connectivity index (χ4v) is 2.86. The van der Waals surface area contributed by atoms with Crippen LogP contribution in [0.5, 0.6) is 0 Å². The van der Waals surface area contributed by atoms with E-state index in [0.717, 1.165) is 18.4 Å². The van der Waals surface area contributed by atoms with Crippen LogP contribution in [0.25, 0.3) is 0 Å². The number of benzene rings is 1. The van der Waals surface area contributed by atoms with Crippen LogP contribution in [0.2, 0.25) is 0 Å². The summed E-state index contributed by atoms with van der Waals surface area (Å²) in [4.78, 5) is 11.8. The summed E-state index contributed by atoms with van der Waals surface area (Å²) in [5.74, 6) is 0.0741. The third kappa shape index (κ3) is 4.50. The Balaban J connectivity index is 1.76. The van der Waals surface area contributed by atoms with Crippen molar-refractivity contribution in [2.45, 2.75) is 37.5 Å². The van der Waals surface area contributed by atoms with Crippen molar-refractivity contribution in [3.8, 4) is 0 Å². The first kappa shape index (κ1) is 14.3. The van der Waals surface area contributed by atoms with Crippen LogP contribution in [-0.2, 0) is 11.2 Å². The number of amides is 1. The van der Waals surface area contributed by atoms with Crippen molar-refractivity contribution in [2.75, 3.05) is 6.54 Å². The molecule has 0 aliphatic heterocycles. The lowest BCUT2D eigenvalue weighted by atomic mass is 9.88. The molecule has 2 rings (SSSR count). The molecule has 0 bridgehead atoms. The molecule has 2 nitrogen and oxygen atoms in total. The van der Waals surface area contributed by atoms with Gasteiger partial charge in [-0.3, -0.25) is 4.79 Å². The number of carbonyl (C=O) groups is 1. The molecule has 1 saturated carbocycles. The lowest BCUT2D eigenvalue weighted by Gasteiger charge is -2.27. The van der Waals surface area contributed by atoms with Crippen molar-refractivity contribution >= 4 is 17.5 Å². The fraction of sp³-hybridized carbons (Fsp3) is 0.533. The van der Waals surface area contributed by atoms with Crippen LogP contribution in [0, 0.1) is 11.7 Å². The van der Waals surface area contributed by atoms with E-state index >= 15 is 0 Å². The van der Waals surface area contributed by atoms with E-state index in [0.29, 0.717) is 18.9 Å². The van der Waals surface area contributed by atoms with Gasteiger partial charge in [0.2, 0.25) is 5.91 Å². The molecular formula is C15H19ClFNO. The Labute approximate surface area is 118 Å². The Morgan fingerprint density at radius 3 is 2.63 bits per heavy atom. The van der Waals surface area contributed by atoms with Crippen LogP contribution >= 0.6 is 11.6 Å². The standard InChI is InChI=1S/C15H19ClFNO/c16-14-4-2-1-3-12(14)10-18-15(19)9-11-5-7-13(17)8-6-11/h5-8,12,14H,1-4,9-10H2,(H,18,19). The number of nitrogens with one attached hydrogen (secondary N) is 1. The van der Waals surface area contributed by atoms with Crippen molar-refractivity contribution in [3.63, 3.8) is 0 Å². The summed E-state index contributed by atoms with van der Waals surface area (Å²) >= 11 is 6.25. The molecule has 0 spiro atoms. The minimum absolute atomic E-state index is 0.0268. The summed E-state index contributed by atoms with van der Waals surface area (Å²) in [7, 11) is 0.